The first-order valence-corrected chi connectivity index (χ1v) is 4.64. The monoisotopic (exact) mass is 258 g/mol. The molecule has 0 aliphatic heterocycles. The molecule has 1 aromatic rings. The third kappa shape index (κ3) is 2.89. The van der Waals surface area contributed by atoms with Crippen LogP contribution in [0, 0.1) is 22.7 Å². The number of nitrogens with zero attached hydrogens (tertiary/aromatic N) is 2. The van der Waals surface area contributed by atoms with Crippen molar-refractivity contribution in [3.63, 3.8) is 0 Å². The van der Waals surface area contributed by atoms with Crippen LogP contribution >= 0.6 is 0 Å². The topological polar surface area (TPSA) is 56.8 Å². The van der Waals surface area contributed by atoms with Crippen LogP contribution in [-0.2, 0) is 0 Å². The second-order valence-corrected chi connectivity index (χ2v) is 3.25. The second-order valence-electron chi connectivity index (χ2n) is 3.25. The number of nitriles is 2. The first kappa shape index (κ1) is 13.8. The van der Waals surface area contributed by atoms with Crippen molar-refractivity contribution in [2.45, 2.75) is 12.3 Å². The standard InChI is InChI=1S/C11H6F4N2O/c12-10(13)11(14,15)6-18-9-3-1-2-7(4-16)8(9)5-17/h1-3,10H,6H2. The molecule has 0 aromatic heterocycles. The van der Waals surface area contributed by atoms with E-state index in [2.05, 4.69) is 4.74 Å². The van der Waals surface area contributed by atoms with Crippen LogP contribution in [0.15, 0.2) is 18.2 Å². The molecule has 0 atom stereocenters. The predicted molar refractivity (Wildman–Crippen MR) is 52.3 cm³/mol. The lowest BCUT2D eigenvalue weighted by atomic mass is 10.1. The van der Waals surface area contributed by atoms with Crippen LogP contribution in [0.1, 0.15) is 11.1 Å². The zero-order valence-corrected chi connectivity index (χ0v) is 8.83. The predicted octanol–water partition coefficient (Wildman–Crippen LogP) is 2.71. The summed E-state index contributed by atoms with van der Waals surface area (Å²) < 4.78 is 53.5. The highest BCUT2D eigenvalue weighted by molar-refractivity contribution is 5.53. The minimum absolute atomic E-state index is 0.0737. The maximum Gasteiger partial charge on any atom is 0.340 e. The molecule has 94 valence electrons. The van der Waals surface area contributed by atoms with Gasteiger partial charge in [-0.25, -0.2) is 8.78 Å². The minimum Gasteiger partial charge on any atom is -0.486 e. The molecule has 7 heteroatoms. The van der Waals surface area contributed by atoms with Gasteiger partial charge in [-0.1, -0.05) is 6.07 Å². The molecule has 0 heterocycles. The molecule has 0 amide bonds. The van der Waals surface area contributed by atoms with E-state index in [9.17, 15) is 17.6 Å². The molecule has 18 heavy (non-hydrogen) atoms. The molecule has 0 unspecified atom stereocenters. The van der Waals surface area contributed by atoms with Crippen LogP contribution in [0.2, 0.25) is 0 Å². The fourth-order valence-electron chi connectivity index (χ4n) is 1.10. The van der Waals surface area contributed by atoms with E-state index in [4.69, 9.17) is 10.5 Å². The average Bonchev–Trinajstić information content (AvgIpc) is 2.35. The minimum atomic E-state index is -4.31. The average molecular weight is 258 g/mol. The van der Waals surface area contributed by atoms with E-state index < -0.39 is 19.0 Å². The Morgan fingerprint density at radius 2 is 1.89 bits per heavy atom. The van der Waals surface area contributed by atoms with Crippen molar-refractivity contribution in [2.24, 2.45) is 0 Å². The van der Waals surface area contributed by atoms with Gasteiger partial charge in [-0.2, -0.15) is 19.3 Å². The number of hydrogen-bond acceptors (Lipinski definition) is 3. The Balaban J connectivity index is 2.94. The number of halogens is 4. The van der Waals surface area contributed by atoms with Gasteiger partial charge in [0.25, 0.3) is 0 Å². The van der Waals surface area contributed by atoms with Crippen molar-refractivity contribution < 1.29 is 22.3 Å². The lowest BCUT2D eigenvalue weighted by molar-refractivity contribution is -0.148. The van der Waals surface area contributed by atoms with Crippen molar-refractivity contribution in [1.29, 1.82) is 10.5 Å². The highest BCUT2D eigenvalue weighted by Gasteiger charge is 2.41. The quantitative estimate of drug-likeness (QED) is 0.780. The molecule has 0 saturated carbocycles. The molecule has 0 N–H and O–H groups in total. The molecule has 1 aromatic carbocycles. The summed E-state index contributed by atoms with van der Waals surface area (Å²) in [5, 5.41) is 17.4. The highest BCUT2D eigenvalue weighted by atomic mass is 19.3. The van der Waals surface area contributed by atoms with Gasteiger partial charge in [-0.15, -0.1) is 0 Å². The Morgan fingerprint density at radius 1 is 1.22 bits per heavy atom. The number of rotatable bonds is 4. The molecule has 3 nitrogen and oxygen atoms in total. The van der Waals surface area contributed by atoms with E-state index in [-0.39, 0.29) is 16.9 Å². The molecule has 1 rings (SSSR count). The summed E-state index contributed by atoms with van der Waals surface area (Å²) in [6, 6.07) is 7.01. The summed E-state index contributed by atoms with van der Waals surface area (Å²) in [6.07, 6.45) is -3.86. The third-order valence-corrected chi connectivity index (χ3v) is 2.00. The Labute approximate surface area is 99.8 Å². The fourth-order valence-corrected chi connectivity index (χ4v) is 1.10. The van der Waals surface area contributed by atoms with Crippen molar-refractivity contribution in [3.8, 4) is 17.9 Å². The maximum atomic E-state index is 12.6. The zero-order chi connectivity index (χ0) is 13.8. The van der Waals surface area contributed by atoms with E-state index in [1.165, 1.54) is 12.1 Å². The summed E-state index contributed by atoms with van der Waals surface area (Å²) in [5.41, 5.74) is -0.333. The first-order chi connectivity index (χ1) is 8.42. The van der Waals surface area contributed by atoms with Gasteiger partial charge in [0.2, 0.25) is 0 Å². The Hall–Kier alpha value is -2.28. The highest BCUT2D eigenvalue weighted by Crippen LogP contribution is 2.26. The molecule has 0 bridgehead atoms. The number of hydrogen-bond donors (Lipinski definition) is 0. The molecule has 0 aliphatic rings. The smallest absolute Gasteiger partial charge is 0.340 e. The van der Waals surface area contributed by atoms with Crippen molar-refractivity contribution in [3.05, 3.63) is 29.3 Å². The number of ether oxygens (including phenoxy) is 1. The maximum absolute atomic E-state index is 12.6. The van der Waals surface area contributed by atoms with Gasteiger partial charge in [0.05, 0.1) is 5.56 Å². The second kappa shape index (κ2) is 5.37. The molecular formula is C11H6F4N2O. The lowest BCUT2D eigenvalue weighted by Crippen LogP contribution is -2.33. The van der Waals surface area contributed by atoms with Gasteiger partial charge in [0.15, 0.2) is 6.61 Å². The van der Waals surface area contributed by atoms with Crippen molar-refractivity contribution in [2.75, 3.05) is 6.61 Å². The van der Waals surface area contributed by atoms with Gasteiger partial charge in [-0.05, 0) is 12.1 Å². The van der Waals surface area contributed by atoms with Crippen molar-refractivity contribution >= 4 is 0 Å². The summed E-state index contributed by atoms with van der Waals surface area (Å²) >= 11 is 0. The summed E-state index contributed by atoms with van der Waals surface area (Å²) in [7, 11) is 0. The first-order valence-electron chi connectivity index (χ1n) is 4.64. The molecule has 0 spiro atoms. The summed E-state index contributed by atoms with van der Waals surface area (Å²) in [4.78, 5) is 0. The lowest BCUT2D eigenvalue weighted by Gasteiger charge is -2.16. The summed E-state index contributed by atoms with van der Waals surface area (Å²) in [6.45, 7) is -1.56. The number of alkyl halides is 4. The fraction of sp³-hybridized carbons (Fsp3) is 0.273. The van der Waals surface area contributed by atoms with Gasteiger partial charge >= 0.3 is 12.3 Å². The molecule has 0 radical (unpaired) electrons. The largest absolute Gasteiger partial charge is 0.486 e. The van der Waals surface area contributed by atoms with Crippen LogP contribution in [-0.4, -0.2) is 19.0 Å². The third-order valence-electron chi connectivity index (χ3n) is 2.00. The van der Waals surface area contributed by atoms with Gasteiger partial charge in [-0.3, -0.25) is 0 Å². The number of benzene rings is 1. The zero-order valence-electron chi connectivity index (χ0n) is 8.83. The van der Waals surface area contributed by atoms with Crippen LogP contribution in [0.4, 0.5) is 17.6 Å². The molecule has 0 aliphatic carbocycles. The van der Waals surface area contributed by atoms with E-state index in [0.29, 0.717) is 0 Å². The van der Waals surface area contributed by atoms with Crippen LogP contribution in [0.25, 0.3) is 0 Å². The van der Waals surface area contributed by atoms with E-state index in [0.717, 1.165) is 6.07 Å². The Bertz CT molecular complexity index is 517. The Morgan fingerprint density at radius 3 is 2.39 bits per heavy atom. The van der Waals surface area contributed by atoms with Gasteiger partial charge in [0.1, 0.15) is 23.5 Å². The van der Waals surface area contributed by atoms with Crippen molar-refractivity contribution in [1.82, 2.24) is 0 Å². The SMILES string of the molecule is N#Cc1cccc(OCC(F)(F)C(F)F)c1C#N. The van der Waals surface area contributed by atoms with E-state index in [1.54, 1.807) is 12.1 Å². The van der Waals surface area contributed by atoms with Crippen LogP contribution in [0.5, 0.6) is 5.75 Å². The Kier molecular flexibility index (Phi) is 4.11. The molecule has 0 fully saturated rings. The normalized spacial score (nSPS) is 10.8. The van der Waals surface area contributed by atoms with E-state index >= 15 is 0 Å². The van der Waals surface area contributed by atoms with Crippen LogP contribution < -0.4 is 4.74 Å². The molecular weight excluding hydrogens is 252 g/mol. The van der Waals surface area contributed by atoms with Gasteiger partial charge in [0, 0.05) is 0 Å². The summed E-state index contributed by atoms with van der Waals surface area (Å²) in [5.74, 6) is -4.63. The molecule has 0 saturated heterocycles. The van der Waals surface area contributed by atoms with E-state index in [1.807, 2.05) is 0 Å². The van der Waals surface area contributed by atoms with Crippen LogP contribution in [0.3, 0.4) is 0 Å². The van der Waals surface area contributed by atoms with Gasteiger partial charge < -0.3 is 4.74 Å².